The van der Waals surface area contributed by atoms with Gasteiger partial charge in [-0.2, -0.15) is 0 Å². The molecule has 5 nitrogen and oxygen atoms in total. The van der Waals surface area contributed by atoms with Crippen molar-refractivity contribution >= 4 is 15.7 Å². The number of anilines is 1. The fourth-order valence-corrected chi connectivity index (χ4v) is 2.58. The van der Waals surface area contributed by atoms with Crippen molar-refractivity contribution in [3.05, 3.63) is 24.0 Å². The molecule has 20 heavy (non-hydrogen) atoms. The highest BCUT2D eigenvalue weighted by molar-refractivity contribution is 7.89. The summed E-state index contributed by atoms with van der Waals surface area (Å²) in [4.78, 5) is -0.0421. The third kappa shape index (κ3) is 5.44. The largest absolute Gasteiger partial charge is 0.396 e. The Morgan fingerprint density at radius 2 is 2.10 bits per heavy atom. The van der Waals surface area contributed by atoms with Gasteiger partial charge in [-0.3, -0.25) is 0 Å². The minimum absolute atomic E-state index is 0.0421. The number of rotatable bonds is 8. The van der Waals surface area contributed by atoms with Crippen LogP contribution < -0.4 is 10.5 Å². The molecule has 0 radical (unpaired) electrons. The molecule has 0 aromatic heterocycles. The van der Waals surface area contributed by atoms with Gasteiger partial charge >= 0.3 is 0 Å². The maximum atomic E-state index is 13.0. The zero-order chi connectivity index (χ0) is 15.2. The highest BCUT2D eigenvalue weighted by Gasteiger charge is 2.14. The smallest absolute Gasteiger partial charge is 0.240 e. The minimum atomic E-state index is -3.66. The number of sulfonamides is 1. The summed E-state index contributed by atoms with van der Waals surface area (Å²) in [5.74, 6) is -0.181. The Labute approximate surface area is 119 Å². The standard InChI is InChI=1S/C13H21FN2O3S/c1-10(2)9-19-7-3-6-16-20(17,18)11-4-5-12(14)13(15)8-11/h4-5,8,10,16H,3,6-7,9,15H2,1-2H3. The molecule has 0 heterocycles. The molecule has 1 rings (SSSR count). The summed E-state index contributed by atoms with van der Waals surface area (Å²) in [6.07, 6.45) is 0.572. The molecule has 0 spiro atoms. The van der Waals surface area contributed by atoms with Crippen molar-refractivity contribution in [3.63, 3.8) is 0 Å². The molecule has 0 fully saturated rings. The minimum Gasteiger partial charge on any atom is -0.396 e. The van der Waals surface area contributed by atoms with E-state index in [-0.39, 0.29) is 17.1 Å². The summed E-state index contributed by atoms with van der Waals surface area (Å²) in [5.41, 5.74) is 5.17. The number of nitrogens with one attached hydrogen (secondary N) is 1. The molecule has 0 saturated heterocycles. The zero-order valence-corrected chi connectivity index (χ0v) is 12.5. The first-order valence-corrected chi connectivity index (χ1v) is 7.93. The maximum Gasteiger partial charge on any atom is 0.240 e. The van der Waals surface area contributed by atoms with Crippen LogP contribution in [0, 0.1) is 11.7 Å². The summed E-state index contributed by atoms with van der Waals surface area (Å²) in [7, 11) is -3.66. The lowest BCUT2D eigenvalue weighted by atomic mass is 10.2. The second-order valence-electron chi connectivity index (χ2n) is 4.90. The van der Waals surface area contributed by atoms with E-state index in [1.807, 2.05) is 13.8 Å². The maximum absolute atomic E-state index is 13.0. The molecule has 1 aromatic rings. The normalized spacial score (nSPS) is 12.0. The summed E-state index contributed by atoms with van der Waals surface area (Å²) in [5, 5.41) is 0. The van der Waals surface area contributed by atoms with E-state index in [4.69, 9.17) is 10.5 Å². The second kappa shape index (κ2) is 7.56. The van der Waals surface area contributed by atoms with E-state index in [9.17, 15) is 12.8 Å². The van der Waals surface area contributed by atoms with Crippen LogP contribution in [0.25, 0.3) is 0 Å². The van der Waals surface area contributed by atoms with E-state index >= 15 is 0 Å². The van der Waals surface area contributed by atoms with E-state index in [1.54, 1.807) is 0 Å². The second-order valence-corrected chi connectivity index (χ2v) is 6.67. The van der Waals surface area contributed by atoms with Crippen LogP contribution in [0.15, 0.2) is 23.1 Å². The van der Waals surface area contributed by atoms with Gasteiger partial charge in [-0.25, -0.2) is 17.5 Å². The molecule has 114 valence electrons. The number of hydrogen-bond acceptors (Lipinski definition) is 4. The summed E-state index contributed by atoms with van der Waals surface area (Å²) >= 11 is 0. The van der Waals surface area contributed by atoms with Gasteiger partial charge in [0.2, 0.25) is 10.0 Å². The van der Waals surface area contributed by atoms with Gasteiger partial charge in [0.25, 0.3) is 0 Å². The summed E-state index contributed by atoms with van der Waals surface area (Å²) < 4.78 is 44.6. The fourth-order valence-electron chi connectivity index (χ4n) is 1.47. The predicted octanol–water partition coefficient (Wildman–Crippen LogP) is 1.75. The van der Waals surface area contributed by atoms with Crippen LogP contribution in [0.1, 0.15) is 20.3 Å². The van der Waals surface area contributed by atoms with Crippen molar-refractivity contribution in [1.29, 1.82) is 0 Å². The molecule has 0 bridgehead atoms. The van der Waals surface area contributed by atoms with E-state index in [0.717, 1.165) is 12.1 Å². The van der Waals surface area contributed by atoms with Crippen molar-refractivity contribution in [2.75, 3.05) is 25.5 Å². The Hall–Kier alpha value is -1.18. The Balaban J connectivity index is 2.43. The predicted molar refractivity (Wildman–Crippen MR) is 76.3 cm³/mol. The topological polar surface area (TPSA) is 81.4 Å². The lowest BCUT2D eigenvalue weighted by molar-refractivity contribution is 0.108. The highest BCUT2D eigenvalue weighted by Crippen LogP contribution is 2.16. The van der Waals surface area contributed by atoms with Crippen LogP contribution in [-0.2, 0) is 14.8 Å². The average molecular weight is 304 g/mol. The third-order valence-corrected chi connectivity index (χ3v) is 3.95. The van der Waals surface area contributed by atoms with E-state index in [1.165, 1.54) is 6.07 Å². The quantitative estimate of drug-likeness (QED) is 0.566. The van der Waals surface area contributed by atoms with Crippen LogP contribution in [0.5, 0.6) is 0 Å². The molecular formula is C13H21FN2O3S. The Morgan fingerprint density at radius 1 is 1.40 bits per heavy atom. The zero-order valence-electron chi connectivity index (χ0n) is 11.7. The molecule has 0 saturated carbocycles. The van der Waals surface area contributed by atoms with Gasteiger partial charge in [0.05, 0.1) is 10.6 Å². The van der Waals surface area contributed by atoms with Gasteiger partial charge in [-0.1, -0.05) is 13.8 Å². The van der Waals surface area contributed by atoms with Crippen LogP contribution in [-0.4, -0.2) is 28.2 Å². The monoisotopic (exact) mass is 304 g/mol. The molecule has 0 amide bonds. The van der Waals surface area contributed by atoms with Gasteiger partial charge < -0.3 is 10.5 Å². The van der Waals surface area contributed by atoms with Gasteiger partial charge in [-0.05, 0) is 30.5 Å². The first-order valence-electron chi connectivity index (χ1n) is 6.45. The van der Waals surface area contributed by atoms with Gasteiger partial charge in [-0.15, -0.1) is 0 Å². The first kappa shape index (κ1) is 16.9. The van der Waals surface area contributed by atoms with Crippen molar-refractivity contribution in [1.82, 2.24) is 4.72 Å². The third-order valence-electron chi connectivity index (χ3n) is 2.49. The van der Waals surface area contributed by atoms with E-state index in [2.05, 4.69) is 4.72 Å². The van der Waals surface area contributed by atoms with Gasteiger partial charge in [0.1, 0.15) is 5.82 Å². The molecule has 0 unspecified atom stereocenters. The van der Waals surface area contributed by atoms with E-state index in [0.29, 0.717) is 25.6 Å². The number of nitrogens with two attached hydrogens (primary N) is 1. The van der Waals surface area contributed by atoms with Crippen LogP contribution >= 0.6 is 0 Å². The Morgan fingerprint density at radius 3 is 2.70 bits per heavy atom. The number of ether oxygens (including phenoxy) is 1. The average Bonchev–Trinajstić information content (AvgIpc) is 2.36. The summed E-state index contributed by atoms with van der Waals surface area (Å²) in [6, 6.07) is 3.33. The fraction of sp³-hybridized carbons (Fsp3) is 0.538. The van der Waals surface area contributed by atoms with Gasteiger partial charge in [0, 0.05) is 19.8 Å². The number of halogens is 1. The van der Waals surface area contributed by atoms with Crippen LogP contribution in [0.4, 0.5) is 10.1 Å². The molecule has 3 N–H and O–H groups in total. The summed E-state index contributed by atoms with van der Waals surface area (Å²) in [6.45, 7) is 5.49. The molecule has 0 aliphatic carbocycles. The number of nitrogen functional groups attached to an aromatic ring is 1. The SMILES string of the molecule is CC(C)COCCCNS(=O)(=O)c1ccc(F)c(N)c1. The van der Waals surface area contributed by atoms with Gasteiger partial charge in [0.15, 0.2) is 0 Å². The number of hydrogen-bond donors (Lipinski definition) is 2. The Bertz CT molecular complexity index is 532. The molecule has 0 aliphatic rings. The molecule has 7 heteroatoms. The van der Waals surface area contributed by atoms with Crippen molar-refractivity contribution < 1.29 is 17.5 Å². The van der Waals surface area contributed by atoms with Crippen LogP contribution in [0.3, 0.4) is 0 Å². The molecular weight excluding hydrogens is 283 g/mol. The molecule has 0 atom stereocenters. The van der Waals surface area contributed by atoms with Crippen molar-refractivity contribution in [2.24, 2.45) is 5.92 Å². The van der Waals surface area contributed by atoms with Crippen molar-refractivity contribution in [3.8, 4) is 0 Å². The van der Waals surface area contributed by atoms with E-state index < -0.39 is 15.8 Å². The molecule has 1 aromatic carbocycles. The first-order chi connectivity index (χ1) is 9.33. The van der Waals surface area contributed by atoms with Crippen LogP contribution in [0.2, 0.25) is 0 Å². The molecule has 0 aliphatic heterocycles. The highest BCUT2D eigenvalue weighted by atomic mass is 32.2. The van der Waals surface area contributed by atoms with Crippen molar-refractivity contribution in [2.45, 2.75) is 25.2 Å². The number of benzene rings is 1. The lowest BCUT2D eigenvalue weighted by Crippen LogP contribution is -2.26. The lowest BCUT2D eigenvalue weighted by Gasteiger charge is -2.09. The Kier molecular flexibility index (Phi) is 6.38.